The molecule has 3 rings (SSSR count). The molecule has 2 heteroatoms. The predicted molar refractivity (Wildman–Crippen MR) is 62.0 cm³/mol. The summed E-state index contributed by atoms with van der Waals surface area (Å²) in [4.78, 5) is 7.18. The van der Waals surface area contributed by atoms with Crippen LogP contribution in [-0.4, -0.2) is 18.1 Å². The highest BCUT2D eigenvalue weighted by molar-refractivity contribution is 5.42. The Hall–Kier alpha value is -1.05. The molecule has 1 aromatic rings. The number of fused-ring (bicyclic) bond motifs is 1. The molecule has 0 aromatic carbocycles. The normalized spacial score (nSPS) is 27.9. The zero-order valence-corrected chi connectivity index (χ0v) is 9.32. The van der Waals surface area contributed by atoms with E-state index in [0.717, 1.165) is 18.3 Å². The summed E-state index contributed by atoms with van der Waals surface area (Å²) in [6.07, 6.45) is 3.75. The van der Waals surface area contributed by atoms with Gasteiger partial charge in [-0.15, -0.1) is 0 Å². The molecular formula is C13H18N2. The van der Waals surface area contributed by atoms with Crippen LogP contribution in [-0.2, 0) is 6.42 Å². The molecule has 2 heterocycles. The van der Waals surface area contributed by atoms with Crippen LogP contribution in [0.2, 0.25) is 0 Å². The van der Waals surface area contributed by atoms with Gasteiger partial charge in [0.2, 0.25) is 0 Å². The first-order valence-corrected chi connectivity index (χ1v) is 6.07. The van der Waals surface area contributed by atoms with Crippen molar-refractivity contribution in [1.29, 1.82) is 0 Å². The quantitative estimate of drug-likeness (QED) is 0.748. The molecule has 1 saturated heterocycles. The highest BCUT2D eigenvalue weighted by atomic mass is 15.2. The fraction of sp³-hybridized carbons (Fsp3) is 0.615. The van der Waals surface area contributed by atoms with Gasteiger partial charge in [0.25, 0.3) is 0 Å². The van der Waals surface area contributed by atoms with Crippen LogP contribution < -0.4 is 4.90 Å². The molecule has 15 heavy (non-hydrogen) atoms. The van der Waals surface area contributed by atoms with Gasteiger partial charge in [-0.1, -0.05) is 19.4 Å². The Kier molecular flexibility index (Phi) is 2.15. The van der Waals surface area contributed by atoms with E-state index in [1.165, 1.54) is 37.4 Å². The number of aromatic nitrogens is 1. The molecule has 2 fully saturated rings. The number of hydrogen-bond acceptors (Lipinski definition) is 2. The van der Waals surface area contributed by atoms with Crippen molar-refractivity contribution in [3.05, 3.63) is 23.9 Å². The van der Waals surface area contributed by atoms with Gasteiger partial charge in [-0.05, 0) is 36.8 Å². The van der Waals surface area contributed by atoms with Gasteiger partial charge in [0, 0.05) is 18.8 Å². The molecule has 0 N–H and O–H groups in total. The van der Waals surface area contributed by atoms with Gasteiger partial charge in [0.05, 0.1) is 0 Å². The lowest BCUT2D eigenvalue weighted by molar-refractivity contribution is 0.793. The molecule has 0 bridgehead atoms. The summed E-state index contributed by atoms with van der Waals surface area (Å²) in [7, 11) is 0. The lowest BCUT2D eigenvalue weighted by Gasteiger charge is -2.19. The second kappa shape index (κ2) is 3.51. The van der Waals surface area contributed by atoms with Gasteiger partial charge in [-0.25, -0.2) is 4.98 Å². The van der Waals surface area contributed by atoms with Crippen molar-refractivity contribution in [3.63, 3.8) is 0 Å². The molecule has 1 aliphatic carbocycles. The first-order valence-electron chi connectivity index (χ1n) is 6.07. The number of aryl methyl sites for hydroxylation is 1. The van der Waals surface area contributed by atoms with Gasteiger partial charge >= 0.3 is 0 Å². The van der Waals surface area contributed by atoms with E-state index in [9.17, 15) is 0 Å². The number of pyridine rings is 1. The Morgan fingerprint density at radius 1 is 1.33 bits per heavy atom. The van der Waals surface area contributed by atoms with Gasteiger partial charge < -0.3 is 4.90 Å². The van der Waals surface area contributed by atoms with Crippen LogP contribution in [0.5, 0.6) is 0 Å². The molecule has 2 unspecified atom stereocenters. The zero-order valence-electron chi connectivity index (χ0n) is 9.32. The Labute approximate surface area is 91.3 Å². The van der Waals surface area contributed by atoms with Gasteiger partial charge in [0.15, 0.2) is 0 Å². The van der Waals surface area contributed by atoms with Crippen LogP contribution in [0, 0.1) is 11.8 Å². The molecule has 0 amide bonds. The monoisotopic (exact) mass is 202 g/mol. The molecular weight excluding hydrogens is 184 g/mol. The van der Waals surface area contributed by atoms with E-state index in [1.54, 1.807) is 0 Å². The molecule has 2 aliphatic rings. The Bertz CT molecular complexity index is 351. The van der Waals surface area contributed by atoms with Crippen LogP contribution in [0.3, 0.4) is 0 Å². The van der Waals surface area contributed by atoms with Crippen LogP contribution in [0.4, 0.5) is 5.82 Å². The summed E-state index contributed by atoms with van der Waals surface area (Å²) < 4.78 is 0. The Balaban J connectivity index is 1.76. The second-order valence-electron chi connectivity index (χ2n) is 4.90. The maximum Gasteiger partial charge on any atom is 0.128 e. The summed E-state index contributed by atoms with van der Waals surface area (Å²) in [5.74, 6) is 3.18. The van der Waals surface area contributed by atoms with Crippen LogP contribution in [0.25, 0.3) is 0 Å². The molecule has 1 saturated carbocycles. The average Bonchev–Trinajstić information content (AvgIpc) is 2.87. The molecule has 1 aromatic heterocycles. The molecule has 0 radical (unpaired) electrons. The summed E-state index contributed by atoms with van der Waals surface area (Å²) in [5.41, 5.74) is 1.25. The highest BCUT2D eigenvalue weighted by Crippen LogP contribution is 2.45. The lowest BCUT2D eigenvalue weighted by atomic mass is 10.2. The van der Waals surface area contributed by atoms with Gasteiger partial charge in [-0.2, -0.15) is 0 Å². The summed E-state index contributed by atoms with van der Waals surface area (Å²) >= 11 is 0. The number of hydrogen-bond donors (Lipinski definition) is 0. The maximum atomic E-state index is 4.73. The largest absolute Gasteiger partial charge is 0.356 e. The fourth-order valence-corrected chi connectivity index (χ4v) is 2.62. The third-order valence-corrected chi connectivity index (χ3v) is 3.60. The maximum absolute atomic E-state index is 4.73. The van der Waals surface area contributed by atoms with E-state index in [2.05, 4.69) is 30.0 Å². The molecule has 2 atom stereocenters. The third kappa shape index (κ3) is 1.73. The zero-order chi connectivity index (χ0) is 10.3. The molecule has 2 nitrogen and oxygen atoms in total. The number of nitrogens with zero attached hydrogens (tertiary/aromatic N) is 2. The van der Waals surface area contributed by atoms with Crippen molar-refractivity contribution in [2.75, 3.05) is 18.0 Å². The highest BCUT2D eigenvalue weighted by Gasteiger charge is 2.45. The van der Waals surface area contributed by atoms with E-state index in [0.29, 0.717) is 0 Å². The van der Waals surface area contributed by atoms with Crippen molar-refractivity contribution >= 4 is 5.82 Å². The van der Waals surface area contributed by atoms with E-state index in [1.807, 2.05) is 0 Å². The fourth-order valence-electron chi connectivity index (χ4n) is 2.62. The van der Waals surface area contributed by atoms with Gasteiger partial charge in [-0.3, -0.25) is 0 Å². The van der Waals surface area contributed by atoms with Crippen molar-refractivity contribution in [2.24, 2.45) is 11.8 Å². The standard InChI is InChI=1S/C13H18N2/c1-2-4-12-5-3-6-13(14-12)15-8-10-7-11(10)9-15/h3,5-6,10-11H,2,4,7-9H2,1H3. The third-order valence-electron chi connectivity index (χ3n) is 3.60. The molecule has 80 valence electrons. The van der Waals surface area contributed by atoms with Crippen molar-refractivity contribution in [2.45, 2.75) is 26.2 Å². The summed E-state index contributed by atoms with van der Waals surface area (Å²) in [5, 5.41) is 0. The van der Waals surface area contributed by atoms with Gasteiger partial charge in [0.1, 0.15) is 5.82 Å². The second-order valence-corrected chi connectivity index (χ2v) is 4.90. The minimum atomic E-state index is 0.988. The smallest absolute Gasteiger partial charge is 0.128 e. The minimum absolute atomic E-state index is 0.988. The minimum Gasteiger partial charge on any atom is -0.356 e. The van der Waals surface area contributed by atoms with Crippen molar-refractivity contribution in [1.82, 2.24) is 4.98 Å². The first kappa shape index (κ1) is 9.20. The Morgan fingerprint density at radius 2 is 2.13 bits per heavy atom. The number of piperidine rings is 1. The van der Waals surface area contributed by atoms with E-state index in [-0.39, 0.29) is 0 Å². The summed E-state index contributed by atoms with van der Waals surface area (Å²) in [6.45, 7) is 4.69. The summed E-state index contributed by atoms with van der Waals surface area (Å²) in [6, 6.07) is 6.45. The molecule has 1 aliphatic heterocycles. The van der Waals surface area contributed by atoms with Crippen molar-refractivity contribution < 1.29 is 0 Å². The van der Waals surface area contributed by atoms with E-state index in [4.69, 9.17) is 4.98 Å². The topological polar surface area (TPSA) is 16.1 Å². The predicted octanol–water partition coefficient (Wildman–Crippen LogP) is 2.49. The van der Waals surface area contributed by atoms with E-state index >= 15 is 0 Å². The van der Waals surface area contributed by atoms with Crippen LogP contribution in [0.15, 0.2) is 18.2 Å². The lowest BCUT2D eigenvalue weighted by Crippen LogP contribution is -2.23. The SMILES string of the molecule is CCCc1cccc(N2CC3CC3C2)n1. The average molecular weight is 202 g/mol. The van der Waals surface area contributed by atoms with Crippen molar-refractivity contribution in [3.8, 4) is 0 Å². The van der Waals surface area contributed by atoms with Crippen LogP contribution >= 0.6 is 0 Å². The first-order chi connectivity index (χ1) is 7.36. The number of rotatable bonds is 3. The number of anilines is 1. The molecule has 0 spiro atoms. The van der Waals surface area contributed by atoms with E-state index < -0.39 is 0 Å². The Morgan fingerprint density at radius 3 is 2.87 bits per heavy atom. The van der Waals surface area contributed by atoms with Crippen LogP contribution in [0.1, 0.15) is 25.5 Å².